The summed E-state index contributed by atoms with van der Waals surface area (Å²) in [5.41, 5.74) is 0.954. The number of rotatable bonds is 6. The summed E-state index contributed by atoms with van der Waals surface area (Å²) in [4.78, 5) is 24.9. The van der Waals surface area contributed by atoms with Gasteiger partial charge in [0.15, 0.2) is 0 Å². The van der Waals surface area contributed by atoms with Crippen molar-refractivity contribution < 1.29 is 9.90 Å². The fraction of sp³-hybridized carbons (Fsp3) is 0.375. The Kier molecular flexibility index (Phi) is 4.62. The Labute approximate surface area is 123 Å². The van der Waals surface area contributed by atoms with Gasteiger partial charge < -0.3 is 14.6 Å². The number of aliphatic carboxylic acids is 1. The molecule has 0 aliphatic carbocycles. The van der Waals surface area contributed by atoms with E-state index < -0.39 is 5.97 Å². The average molecular weight is 288 g/mol. The molecule has 1 N–H and O–H groups in total. The summed E-state index contributed by atoms with van der Waals surface area (Å²) in [6.45, 7) is 5.76. The Morgan fingerprint density at radius 1 is 1.29 bits per heavy atom. The number of hydrogen-bond acceptors (Lipinski definition) is 3. The van der Waals surface area contributed by atoms with Crippen molar-refractivity contribution in [2.45, 2.75) is 26.8 Å². The van der Waals surface area contributed by atoms with Crippen molar-refractivity contribution >= 4 is 22.4 Å². The minimum atomic E-state index is -0.805. The molecule has 0 spiro atoms. The van der Waals surface area contributed by atoms with E-state index >= 15 is 0 Å². The van der Waals surface area contributed by atoms with Crippen LogP contribution in [0.5, 0.6) is 0 Å². The lowest BCUT2D eigenvalue weighted by molar-refractivity contribution is -0.136. The van der Waals surface area contributed by atoms with Crippen LogP contribution in [-0.4, -0.2) is 28.7 Å². The molecule has 0 saturated carbocycles. The van der Waals surface area contributed by atoms with E-state index in [4.69, 9.17) is 5.11 Å². The van der Waals surface area contributed by atoms with E-state index in [0.717, 1.165) is 17.6 Å². The van der Waals surface area contributed by atoms with Crippen LogP contribution < -0.4 is 10.5 Å². The van der Waals surface area contributed by atoms with Crippen molar-refractivity contribution in [2.75, 3.05) is 18.0 Å². The van der Waals surface area contributed by atoms with Crippen molar-refractivity contribution in [1.82, 2.24) is 4.57 Å². The molecule has 1 aromatic heterocycles. The second-order valence-corrected chi connectivity index (χ2v) is 4.90. The van der Waals surface area contributed by atoms with Gasteiger partial charge in [-0.15, -0.1) is 0 Å². The summed E-state index contributed by atoms with van der Waals surface area (Å²) in [6.07, 6.45) is 1.89. The summed E-state index contributed by atoms with van der Waals surface area (Å²) in [5.74, 6) is -0.805. The maximum atomic E-state index is 12.2. The molecule has 0 radical (unpaired) electrons. The van der Waals surface area contributed by atoms with Gasteiger partial charge >= 0.3 is 5.97 Å². The molecule has 0 bridgehead atoms. The van der Waals surface area contributed by atoms with Gasteiger partial charge in [0.2, 0.25) is 0 Å². The molecule has 0 aliphatic heterocycles. The second-order valence-electron chi connectivity index (χ2n) is 4.90. The molecular weight excluding hydrogens is 268 g/mol. The number of nitrogens with zero attached hydrogens (tertiary/aromatic N) is 2. The van der Waals surface area contributed by atoms with Gasteiger partial charge in [0.1, 0.15) is 0 Å². The van der Waals surface area contributed by atoms with E-state index in [2.05, 4.69) is 0 Å². The van der Waals surface area contributed by atoms with Crippen molar-refractivity contribution in [2.24, 2.45) is 0 Å². The van der Waals surface area contributed by atoms with Gasteiger partial charge in [-0.1, -0.05) is 0 Å². The largest absolute Gasteiger partial charge is 0.481 e. The zero-order valence-corrected chi connectivity index (χ0v) is 12.4. The SMILES string of the molecule is CCN(CCC(=O)O)c1ccc2c(=O)n(CC)ccc2c1. The van der Waals surface area contributed by atoms with Crippen LogP contribution >= 0.6 is 0 Å². The third kappa shape index (κ3) is 3.24. The van der Waals surface area contributed by atoms with Crippen molar-refractivity contribution in [3.63, 3.8) is 0 Å². The van der Waals surface area contributed by atoms with E-state index in [0.29, 0.717) is 18.5 Å². The molecule has 0 fully saturated rings. The molecule has 2 aromatic rings. The number of carboxylic acids is 1. The van der Waals surface area contributed by atoms with Crippen LogP contribution in [0.3, 0.4) is 0 Å². The standard InChI is InChI=1S/C16H20N2O3/c1-3-17(10-8-15(19)20)13-5-6-14-12(11-13)7-9-18(4-2)16(14)21/h5-7,9,11H,3-4,8,10H2,1-2H3,(H,19,20). The fourth-order valence-electron chi connectivity index (χ4n) is 2.42. The topological polar surface area (TPSA) is 62.5 Å². The number of benzene rings is 1. The number of pyridine rings is 1. The lowest BCUT2D eigenvalue weighted by atomic mass is 10.1. The van der Waals surface area contributed by atoms with Crippen molar-refractivity contribution in [1.29, 1.82) is 0 Å². The summed E-state index contributed by atoms with van der Waals surface area (Å²) < 4.78 is 1.67. The smallest absolute Gasteiger partial charge is 0.305 e. The second kappa shape index (κ2) is 6.43. The molecule has 112 valence electrons. The Hall–Kier alpha value is -2.30. The van der Waals surface area contributed by atoms with Gasteiger partial charge in [0.05, 0.1) is 6.42 Å². The first-order chi connectivity index (χ1) is 10.1. The predicted molar refractivity (Wildman–Crippen MR) is 84.0 cm³/mol. The molecule has 2 rings (SSSR count). The summed E-state index contributed by atoms with van der Waals surface area (Å²) in [5, 5.41) is 10.4. The molecule has 1 heterocycles. The number of fused-ring (bicyclic) bond motifs is 1. The van der Waals surface area contributed by atoms with E-state index in [1.807, 2.05) is 43.0 Å². The van der Waals surface area contributed by atoms with Crippen LogP contribution in [0, 0.1) is 0 Å². The summed E-state index contributed by atoms with van der Waals surface area (Å²) in [6, 6.07) is 7.58. The minimum Gasteiger partial charge on any atom is -0.481 e. The Morgan fingerprint density at radius 3 is 2.67 bits per heavy atom. The monoisotopic (exact) mass is 288 g/mol. The van der Waals surface area contributed by atoms with Gasteiger partial charge in [0, 0.05) is 36.9 Å². The molecule has 1 aromatic carbocycles. The maximum absolute atomic E-state index is 12.2. The number of hydrogen-bond donors (Lipinski definition) is 1. The van der Waals surface area contributed by atoms with Crippen LogP contribution in [-0.2, 0) is 11.3 Å². The minimum absolute atomic E-state index is 0.00938. The van der Waals surface area contributed by atoms with Crippen LogP contribution in [0.15, 0.2) is 35.3 Å². The zero-order chi connectivity index (χ0) is 15.4. The van der Waals surface area contributed by atoms with Crippen LogP contribution in [0.2, 0.25) is 0 Å². The van der Waals surface area contributed by atoms with Crippen LogP contribution in [0.1, 0.15) is 20.3 Å². The number of aromatic nitrogens is 1. The first kappa shape index (κ1) is 15.1. The first-order valence-corrected chi connectivity index (χ1v) is 7.16. The lowest BCUT2D eigenvalue weighted by Crippen LogP contribution is -2.26. The molecule has 0 atom stereocenters. The van der Waals surface area contributed by atoms with E-state index in [-0.39, 0.29) is 12.0 Å². The molecule has 0 unspecified atom stereocenters. The lowest BCUT2D eigenvalue weighted by Gasteiger charge is -2.22. The average Bonchev–Trinajstić information content (AvgIpc) is 2.48. The van der Waals surface area contributed by atoms with Gasteiger partial charge in [-0.05, 0) is 43.5 Å². The van der Waals surface area contributed by atoms with Crippen LogP contribution in [0.25, 0.3) is 10.8 Å². The van der Waals surface area contributed by atoms with Gasteiger partial charge in [0.25, 0.3) is 5.56 Å². The third-order valence-electron chi connectivity index (χ3n) is 3.64. The molecule has 0 aliphatic rings. The van der Waals surface area contributed by atoms with Crippen LogP contribution in [0.4, 0.5) is 5.69 Å². The van der Waals surface area contributed by atoms with E-state index in [9.17, 15) is 9.59 Å². The van der Waals surface area contributed by atoms with Crippen molar-refractivity contribution in [3.05, 3.63) is 40.8 Å². The van der Waals surface area contributed by atoms with Gasteiger partial charge in [-0.25, -0.2) is 0 Å². The first-order valence-electron chi connectivity index (χ1n) is 7.16. The van der Waals surface area contributed by atoms with Gasteiger partial charge in [-0.2, -0.15) is 0 Å². The van der Waals surface area contributed by atoms with E-state index in [1.165, 1.54) is 0 Å². The van der Waals surface area contributed by atoms with E-state index in [1.54, 1.807) is 10.8 Å². The molecule has 5 nitrogen and oxygen atoms in total. The number of carboxylic acid groups (broad SMARTS) is 1. The highest BCUT2D eigenvalue weighted by Crippen LogP contribution is 2.20. The quantitative estimate of drug-likeness (QED) is 0.886. The Balaban J connectivity index is 2.38. The summed E-state index contributed by atoms with van der Waals surface area (Å²) in [7, 11) is 0. The maximum Gasteiger partial charge on any atom is 0.305 e. The fourth-order valence-corrected chi connectivity index (χ4v) is 2.42. The molecule has 5 heteroatoms. The third-order valence-corrected chi connectivity index (χ3v) is 3.64. The normalized spacial score (nSPS) is 10.8. The highest BCUT2D eigenvalue weighted by Gasteiger charge is 2.09. The highest BCUT2D eigenvalue weighted by atomic mass is 16.4. The Morgan fingerprint density at radius 2 is 2.05 bits per heavy atom. The highest BCUT2D eigenvalue weighted by molar-refractivity contribution is 5.85. The number of aryl methyl sites for hydroxylation is 1. The molecular formula is C16H20N2O3. The number of carbonyl (C=O) groups is 1. The summed E-state index contributed by atoms with van der Waals surface area (Å²) >= 11 is 0. The van der Waals surface area contributed by atoms with Crippen molar-refractivity contribution in [3.8, 4) is 0 Å². The molecule has 21 heavy (non-hydrogen) atoms. The zero-order valence-electron chi connectivity index (χ0n) is 12.4. The number of anilines is 1. The van der Waals surface area contributed by atoms with Gasteiger partial charge in [-0.3, -0.25) is 9.59 Å². The molecule has 0 saturated heterocycles. The molecule has 0 amide bonds. The predicted octanol–water partition coefficient (Wildman–Crippen LogP) is 2.32. The Bertz CT molecular complexity index is 706.